The van der Waals surface area contributed by atoms with Crippen molar-refractivity contribution in [3.63, 3.8) is 0 Å². The van der Waals surface area contributed by atoms with E-state index in [-0.39, 0.29) is 22.8 Å². The van der Waals surface area contributed by atoms with E-state index in [9.17, 15) is 18.0 Å². The highest BCUT2D eigenvalue weighted by atomic mass is 19.4. The van der Waals surface area contributed by atoms with Crippen molar-refractivity contribution in [3.8, 4) is 17.2 Å². The molecule has 0 saturated carbocycles. The normalized spacial score (nSPS) is 11.6. The molecule has 3 aromatic heterocycles. The Morgan fingerprint density at radius 2 is 2.00 bits per heavy atom. The minimum atomic E-state index is -4.72. The second-order valence-electron chi connectivity index (χ2n) is 6.18. The number of furan rings is 1. The third-order valence-electron chi connectivity index (χ3n) is 4.16. The Hall–Kier alpha value is -3.82. The summed E-state index contributed by atoms with van der Waals surface area (Å²) in [5.41, 5.74) is -1.09. The lowest BCUT2D eigenvalue weighted by Crippen LogP contribution is -2.16. The van der Waals surface area contributed by atoms with E-state index in [0.717, 1.165) is 6.07 Å². The largest absolute Gasteiger partial charge is 0.492 e. The minimum Gasteiger partial charge on any atom is -0.492 e. The van der Waals surface area contributed by atoms with Gasteiger partial charge >= 0.3 is 6.18 Å². The molecule has 1 N–H and O–H groups in total. The molecule has 0 aliphatic carbocycles. The highest BCUT2D eigenvalue weighted by molar-refractivity contribution is 6.04. The summed E-state index contributed by atoms with van der Waals surface area (Å²) in [6.07, 6.45) is -3.39. The Balaban J connectivity index is 1.75. The predicted molar refractivity (Wildman–Crippen MR) is 101 cm³/mol. The van der Waals surface area contributed by atoms with Gasteiger partial charge in [-0.1, -0.05) is 12.1 Å². The molecule has 0 fully saturated rings. The molecule has 4 aromatic rings. The Morgan fingerprint density at radius 3 is 2.70 bits per heavy atom. The topological polar surface area (TPSA) is 81.7 Å². The smallest absolute Gasteiger partial charge is 0.433 e. The van der Waals surface area contributed by atoms with Crippen molar-refractivity contribution in [1.82, 2.24) is 14.6 Å². The van der Waals surface area contributed by atoms with Crippen LogP contribution in [0.15, 0.2) is 59.2 Å². The van der Waals surface area contributed by atoms with E-state index < -0.39 is 17.8 Å². The van der Waals surface area contributed by atoms with Crippen LogP contribution in [0.4, 0.5) is 18.9 Å². The third-order valence-corrected chi connectivity index (χ3v) is 4.16. The average molecular weight is 416 g/mol. The fourth-order valence-corrected chi connectivity index (χ4v) is 2.88. The highest BCUT2D eigenvalue weighted by Gasteiger charge is 2.36. The van der Waals surface area contributed by atoms with Gasteiger partial charge < -0.3 is 14.5 Å². The van der Waals surface area contributed by atoms with Gasteiger partial charge in [0.2, 0.25) is 0 Å². The lowest BCUT2D eigenvalue weighted by Gasteiger charge is -2.10. The van der Waals surface area contributed by atoms with Gasteiger partial charge in [-0.3, -0.25) is 4.79 Å². The molecular formula is C20H15F3N4O3. The quantitative estimate of drug-likeness (QED) is 0.512. The standard InChI is InChI=1S/C20H15F3N4O3/c1-2-29-15-7-4-3-6-12(15)25-19(28)14-11-18-24-13(16-8-5-9-30-16)10-17(20(21,22)23)27(18)26-14/h3-11H,2H2,1H3,(H,25,28). The Kier molecular flexibility index (Phi) is 4.90. The fourth-order valence-electron chi connectivity index (χ4n) is 2.88. The summed E-state index contributed by atoms with van der Waals surface area (Å²) < 4.78 is 52.0. The number of fused-ring (bicyclic) bond motifs is 1. The number of ether oxygens (including phenoxy) is 1. The van der Waals surface area contributed by atoms with Gasteiger partial charge in [-0.05, 0) is 37.3 Å². The monoisotopic (exact) mass is 416 g/mol. The van der Waals surface area contributed by atoms with Crippen molar-refractivity contribution in [2.75, 3.05) is 11.9 Å². The molecule has 0 saturated heterocycles. The van der Waals surface area contributed by atoms with Crippen molar-refractivity contribution in [2.45, 2.75) is 13.1 Å². The fraction of sp³-hybridized carbons (Fsp3) is 0.150. The SMILES string of the molecule is CCOc1ccccc1NC(=O)c1cc2nc(-c3ccco3)cc(C(F)(F)F)n2n1. The summed E-state index contributed by atoms with van der Waals surface area (Å²) in [5, 5.41) is 6.43. The van der Waals surface area contributed by atoms with Gasteiger partial charge in [-0.25, -0.2) is 9.50 Å². The van der Waals surface area contributed by atoms with Crippen LogP contribution >= 0.6 is 0 Å². The summed E-state index contributed by atoms with van der Waals surface area (Å²) in [6, 6.07) is 11.8. The summed E-state index contributed by atoms with van der Waals surface area (Å²) in [5.74, 6) is -0.0903. The van der Waals surface area contributed by atoms with E-state index in [1.54, 1.807) is 37.3 Å². The Labute approximate surface area is 168 Å². The van der Waals surface area contributed by atoms with Gasteiger partial charge in [0.25, 0.3) is 5.91 Å². The number of hydrogen-bond donors (Lipinski definition) is 1. The van der Waals surface area contributed by atoms with Crippen molar-refractivity contribution >= 4 is 17.2 Å². The van der Waals surface area contributed by atoms with Crippen molar-refractivity contribution < 1.29 is 27.1 Å². The average Bonchev–Trinajstić information content (AvgIpc) is 3.38. The molecule has 7 nitrogen and oxygen atoms in total. The minimum absolute atomic E-state index is 0.0200. The molecule has 1 aromatic carbocycles. The summed E-state index contributed by atoms with van der Waals surface area (Å²) in [6.45, 7) is 2.18. The number of alkyl halides is 3. The van der Waals surface area contributed by atoms with Crippen LogP contribution in [0.25, 0.3) is 17.1 Å². The first kappa shape index (κ1) is 19.5. The van der Waals surface area contributed by atoms with Gasteiger partial charge in [0, 0.05) is 6.07 Å². The zero-order chi connectivity index (χ0) is 21.3. The van der Waals surface area contributed by atoms with Crippen LogP contribution in [-0.2, 0) is 6.18 Å². The van der Waals surface area contributed by atoms with Gasteiger partial charge in [-0.2, -0.15) is 18.3 Å². The van der Waals surface area contributed by atoms with Gasteiger partial charge in [0.1, 0.15) is 11.4 Å². The number of halogens is 3. The molecule has 0 atom stereocenters. The molecule has 0 spiro atoms. The molecule has 30 heavy (non-hydrogen) atoms. The summed E-state index contributed by atoms with van der Waals surface area (Å²) >= 11 is 0. The number of nitrogens with zero attached hydrogens (tertiary/aromatic N) is 3. The van der Waals surface area contributed by atoms with E-state index in [0.29, 0.717) is 22.6 Å². The van der Waals surface area contributed by atoms with Crippen LogP contribution in [0.2, 0.25) is 0 Å². The van der Waals surface area contributed by atoms with E-state index in [4.69, 9.17) is 9.15 Å². The lowest BCUT2D eigenvalue weighted by molar-refractivity contribution is -0.142. The molecule has 0 bridgehead atoms. The Morgan fingerprint density at radius 1 is 1.20 bits per heavy atom. The van der Waals surface area contributed by atoms with Crippen LogP contribution in [0.1, 0.15) is 23.1 Å². The van der Waals surface area contributed by atoms with E-state index in [2.05, 4.69) is 15.4 Å². The first-order valence-corrected chi connectivity index (χ1v) is 8.92. The maximum Gasteiger partial charge on any atom is 0.433 e. The first-order chi connectivity index (χ1) is 14.4. The van der Waals surface area contributed by atoms with Crippen molar-refractivity contribution in [3.05, 3.63) is 66.2 Å². The number of amides is 1. The predicted octanol–water partition coefficient (Wildman–Crippen LogP) is 4.66. The molecule has 3 heterocycles. The summed E-state index contributed by atoms with van der Waals surface area (Å²) in [4.78, 5) is 16.8. The van der Waals surface area contributed by atoms with Crippen molar-refractivity contribution in [1.29, 1.82) is 0 Å². The molecule has 0 unspecified atom stereocenters. The highest BCUT2D eigenvalue weighted by Crippen LogP contribution is 2.32. The Bertz CT molecular complexity index is 1200. The molecule has 154 valence electrons. The molecule has 4 rings (SSSR count). The first-order valence-electron chi connectivity index (χ1n) is 8.92. The molecule has 0 aliphatic rings. The van der Waals surface area contributed by atoms with Crippen LogP contribution in [-0.4, -0.2) is 27.1 Å². The number of para-hydroxylation sites is 2. The van der Waals surface area contributed by atoms with Crippen molar-refractivity contribution in [2.24, 2.45) is 0 Å². The van der Waals surface area contributed by atoms with Crippen LogP contribution in [0, 0.1) is 0 Å². The number of carbonyl (C=O) groups excluding carboxylic acids is 1. The molecule has 0 aliphatic heterocycles. The van der Waals surface area contributed by atoms with E-state index in [1.165, 1.54) is 18.4 Å². The number of aromatic nitrogens is 3. The molecular weight excluding hydrogens is 401 g/mol. The van der Waals surface area contributed by atoms with Crippen LogP contribution < -0.4 is 10.1 Å². The molecule has 10 heteroatoms. The van der Waals surface area contributed by atoms with Gasteiger partial charge in [-0.15, -0.1) is 0 Å². The lowest BCUT2D eigenvalue weighted by atomic mass is 10.2. The number of carbonyl (C=O) groups is 1. The number of anilines is 1. The second kappa shape index (κ2) is 7.54. The van der Waals surface area contributed by atoms with E-state index >= 15 is 0 Å². The van der Waals surface area contributed by atoms with Gasteiger partial charge in [0.05, 0.1) is 18.6 Å². The maximum absolute atomic E-state index is 13.6. The number of rotatable bonds is 5. The van der Waals surface area contributed by atoms with Crippen LogP contribution in [0.5, 0.6) is 5.75 Å². The molecule has 1 amide bonds. The van der Waals surface area contributed by atoms with Crippen LogP contribution in [0.3, 0.4) is 0 Å². The van der Waals surface area contributed by atoms with Gasteiger partial charge in [0.15, 0.2) is 22.8 Å². The maximum atomic E-state index is 13.6. The third kappa shape index (κ3) is 3.71. The van der Waals surface area contributed by atoms with E-state index in [1.807, 2.05) is 0 Å². The zero-order valence-electron chi connectivity index (χ0n) is 15.6. The second-order valence-corrected chi connectivity index (χ2v) is 6.18. The summed E-state index contributed by atoms with van der Waals surface area (Å²) in [7, 11) is 0. The molecule has 0 radical (unpaired) electrons. The number of nitrogens with one attached hydrogen (secondary N) is 1. The zero-order valence-corrected chi connectivity index (χ0v) is 15.6. The number of benzene rings is 1. The number of hydrogen-bond acceptors (Lipinski definition) is 5.